The van der Waals surface area contributed by atoms with E-state index in [1.807, 2.05) is 16.9 Å². The maximum Gasteiger partial charge on any atom is 0.220 e. The van der Waals surface area contributed by atoms with Gasteiger partial charge in [0, 0.05) is 25.7 Å². The number of aromatic amines is 1. The number of rotatable bonds is 7. The van der Waals surface area contributed by atoms with Crippen molar-refractivity contribution in [3.8, 4) is 0 Å². The van der Waals surface area contributed by atoms with E-state index in [-0.39, 0.29) is 5.91 Å². The fourth-order valence-electron chi connectivity index (χ4n) is 3.01. The van der Waals surface area contributed by atoms with Gasteiger partial charge in [-0.15, -0.1) is 0 Å². The van der Waals surface area contributed by atoms with Gasteiger partial charge in [-0.3, -0.25) is 14.6 Å². The first kappa shape index (κ1) is 18.6. The van der Waals surface area contributed by atoms with Gasteiger partial charge in [-0.05, 0) is 30.9 Å². The van der Waals surface area contributed by atoms with Crippen LogP contribution in [-0.4, -0.2) is 51.4 Å². The largest absolute Gasteiger partial charge is 0.350 e. The number of fused-ring (bicyclic) bond motifs is 1. The topological polar surface area (TPSA) is 113 Å². The Kier molecular flexibility index (Phi) is 5.72. The summed E-state index contributed by atoms with van der Waals surface area (Å²) >= 11 is 0. The van der Waals surface area contributed by atoms with Gasteiger partial charge in [0.25, 0.3) is 0 Å². The molecule has 2 N–H and O–H groups in total. The van der Waals surface area contributed by atoms with Gasteiger partial charge in [-0.2, -0.15) is 14.5 Å². The lowest BCUT2D eigenvalue weighted by atomic mass is 10.1. The van der Waals surface area contributed by atoms with Crippen LogP contribution >= 0.6 is 0 Å². The molecule has 0 spiro atoms. The van der Waals surface area contributed by atoms with Crippen LogP contribution in [0.5, 0.6) is 0 Å². The van der Waals surface area contributed by atoms with Gasteiger partial charge in [0.1, 0.15) is 0 Å². The van der Waals surface area contributed by atoms with Crippen LogP contribution in [0.1, 0.15) is 36.2 Å². The van der Waals surface area contributed by atoms with Crippen LogP contribution in [0.2, 0.25) is 0 Å². The second-order valence-corrected chi connectivity index (χ2v) is 8.52. The maximum atomic E-state index is 12.0. The highest BCUT2D eigenvalue weighted by atomic mass is 32.2. The maximum absolute atomic E-state index is 12.0. The molecule has 0 saturated heterocycles. The second kappa shape index (κ2) is 8.00. The fourth-order valence-corrected chi connectivity index (χ4v) is 3.83. The Morgan fingerprint density at radius 3 is 2.96 bits per heavy atom. The summed E-state index contributed by atoms with van der Waals surface area (Å²) in [5.41, 5.74) is 2.70. The van der Waals surface area contributed by atoms with Crippen molar-refractivity contribution in [1.82, 2.24) is 29.6 Å². The minimum absolute atomic E-state index is 0.0190. The number of carbonyl (C=O) groups is 1. The Labute approximate surface area is 152 Å². The highest BCUT2D eigenvalue weighted by Gasteiger charge is 2.22. The van der Waals surface area contributed by atoms with Gasteiger partial charge < -0.3 is 5.32 Å². The van der Waals surface area contributed by atoms with Crippen molar-refractivity contribution >= 4 is 15.9 Å². The molecule has 1 aliphatic heterocycles. The first-order valence-electron chi connectivity index (χ1n) is 8.67. The molecule has 0 aromatic carbocycles. The lowest BCUT2D eigenvalue weighted by Crippen LogP contribution is -2.29. The van der Waals surface area contributed by atoms with E-state index >= 15 is 0 Å². The van der Waals surface area contributed by atoms with Crippen molar-refractivity contribution in [2.75, 3.05) is 12.8 Å². The van der Waals surface area contributed by atoms with E-state index in [2.05, 4.69) is 20.6 Å². The summed E-state index contributed by atoms with van der Waals surface area (Å²) in [7, 11) is -3.22. The summed E-state index contributed by atoms with van der Waals surface area (Å²) in [6.45, 7) is 1.86. The van der Waals surface area contributed by atoms with Gasteiger partial charge in [0.15, 0.2) is 0 Å². The van der Waals surface area contributed by atoms with Crippen molar-refractivity contribution in [2.24, 2.45) is 0 Å². The zero-order valence-electron chi connectivity index (χ0n) is 14.8. The van der Waals surface area contributed by atoms with E-state index in [0.717, 1.165) is 36.2 Å². The highest BCUT2D eigenvalue weighted by Crippen LogP contribution is 2.16. The van der Waals surface area contributed by atoms with Gasteiger partial charge in [0.05, 0.1) is 36.9 Å². The molecule has 2 aromatic heterocycles. The third-order valence-electron chi connectivity index (χ3n) is 4.39. The molecule has 0 fully saturated rings. The van der Waals surface area contributed by atoms with Crippen LogP contribution in [0.25, 0.3) is 0 Å². The minimum atomic E-state index is -3.22. The average molecular weight is 380 g/mol. The number of hydrogen-bond donors (Lipinski definition) is 2. The summed E-state index contributed by atoms with van der Waals surface area (Å²) < 4.78 is 26.9. The Morgan fingerprint density at radius 2 is 2.23 bits per heavy atom. The number of amides is 1. The molecule has 0 atom stereocenters. The number of carbonyl (C=O) groups excluding carboxylic acids is 1. The van der Waals surface area contributed by atoms with Crippen molar-refractivity contribution < 1.29 is 13.2 Å². The molecule has 0 radical (unpaired) electrons. The smallest absolute Gasteiger partial charge is 0.220 e. The summed E-state index contributed by atoms with van der Waals surface area (Å²) in [6.07, 6.45) is 7.55. The van der Waals surface area contributed by atoms with Gasteiger partial charge in [-0.25, -0.2) is 8.42 Å². The summed E-state index contributed by atoms with van der Waals surface area (Å²) in [5, 5.41) is 14.0. The van der Waals surface area contributed by atoms with E-state index in [1.54, 1.807) is 6.20 Å². The number of aryl methyl sites for hydroxylation is 2. The van der Waals surface area contributed by atoms with Crippen molar-refractivity contribution in [2.45, 2.75) is 45.3 Å². The third-order valence-corrected chi connectivity index (χ3v) is 5.64. The third kappa shape index (κ3) is 4.92. The number of aromatic nitrogens is 4. The average Bonchev–Trinajstić information content (AvgIpc) is 3.17. The Balaban J connectivity index is 1.49. The molecule has 0 aliphatic carbocycles. The molecule has 1 aliphatic rings. The summed E-state index contributed by atoms with van der Waals surface area (Å²) in [6, 6.07) is 1.87. The SMILES string of the molecule is CS(=O)(=O)N1CCCn2nc(CNC(=O)CCCc3cn[nH]c3)cc2C1. The predicted molar refractivity (Wildman–Crippen MR) is 95.5 cm³/mol. The zero-order valence-corrected chi connectivity index (χ0v) is 15.6. The molecule has 10 heteroatoms. The van der Waals surface area contributed by atoms with Crippen LogP contribution in [-0.2, 0) is 40.9 Å². The van der Waals surface area contributed by atoms with E-state index in [1.165, 1.54) is 10.6 Å². The van der Waals surface area contributed by atoms with Crippen LogP contribution in [0, 0.1) is 0 Å². The normalized spacial score (nSPS) is 15.4. The van der Waals surface area contributed by atoms with Gasteiger partial charge >= 0.3 is 0 Å². The van der Waals surface area contributed by atoms with Crippen molar-refractivity contribution in [3.63, 3.8) is 0 Å². The molecule has 0 unspecified atom stereocenters. The van der Waals surface area contributed by atoms with E-state index < -0.39 is 10.0 Å². The molecule has 26 heavy (non-hydrogen) atoms. The van der Waals surface area contributed by atoms with Gasteiger partial charge in [-0.1, -0.05) is 0 Å². The molecule has 0 saturated carbocycles. The molecule has 2 aromatic rings. The van der Waals surface area contributed by atoms with Crippen LogP contribution < -0.4 is 5.32 Å². The molecule has 0 bridgehead atoms. The highest BCUT2D eigenvalue weighted by molar-refractivity contribution is 7.88. The van der Waals surface area contributed by atoms with E-state index in [9.17, 15) is 13.2 Å². The summed E-state index contributed by atoms with van der Waals surface area (Å²) in [5.74, 6) is -0.0190. The van der Waals surface area contributed by atoms with Gasteiger partial charge in [0.2, 0.25) is 15.9 Å². The Hall–Kier alpha value is -2.20. The Bertz CT molecular complexity index is 843. The standard InChI is InChI=1S/C16H24N6O3S/c1-26(24,25)21-6-3-7-22-15(12-21)8-14(20-22)11-17-16(23)5-2-4-13-9-18-19-10-13/h8-10H,2-7,11-12H2,1H3,(H,17,23)(H,18,19). The number of nitrogens with zero attached hydrogens (tertiary/aromatic N) is 4. The lowest BCUT2D eigenvalue weighted by molar-refractivity contribution is -0.121. The van der Waals surface area contributed by atoms with E-state index in [0.29, 0.717) is 32.6 Å². The van der Waals surface area contributed by atoms with Crippen molar-refractivity contribution in [3.05, 3.63) is 35.4 Å². The lowest BCUT2D eigenvalue weighted by Gasteiger charge is -2.16. The zero-order chi connectivity index (χ0) is 18.6. The summed E-state index contributed by atoms with van der Waals surface area (Å²) in [4.78, 5) is 12.0. The second-order valence-electron chi connectivity index (χ2n) is 6.54. The molecule has 3 heterocycles. The van der Waals surface area contributed by atoms with Crippen LogP contribution in [0.4, 0.5) is 0 Å². The van der Waals surface area contributed by atoms with Crippen LogP contribution in [0.15, 0.2) is 18.5 Å². The fraction of sp³-hybridized carbons (Fsp3) is 0.562. The van der Waals surface area contributed by atoms with E-state index in [4.69, 9.17) is 0 Å². The van der Waals surface area contributed by atoms with Crippen molar-refractivity contribution in [1.29, 1.82) is 0 Å². The number of nitrogens with one attached hydrogen (secondary N) is 2. The monoisotopic (exact) mass is 380 g/mol. The molecular weight excluding hydrogens is 356 g/mol. The number of sulfonamides is 1. The quantitative estimate of drug-likeness (QED) is 0.722. The minimum Gasteiger partial charge on any atom is -0.350 e. The first-order chi connectivity index (χ1) is 12.4. The molecule has 3 rings (SSSR count). The molecule has 142 valence electrons. The molecule has 1 amide bonds. The molecule has 9 nitrogen and oxygen atoms in total. The molecular formula is C16H24N6O3S. The number of H-pyrrole nitrogens is 1. The predicted octanol–water partition coefficient (Wildman–Crippen LogP) is 0.411. The first-order valence-corrected chi connectivity index (χ1v) is 10.5. The Morgan fingerprint density at radius 1 is 1.38 bits per heavy atom. The number of hydrogen-bond acceptors (Lipinski definition) is 5. The van der Waals surface area contributed by atoms with Crippen LogP contribution in [0.3, 0.4) is 0 Å².